The Bertz CT molecular complexity index is 861. The number of carbonyl (C=O) groups excluding carboxylic acids is 3. The Morgan fingerprint density at radius 3 is 2.85 bits per heavy atom. The van der Waals surface area contributed by atoms with Gasteiger partial charge in [-0.25, -0.2) is 0 Å². The van der Waals surface area contributed by atoms with Crippen molar-refractivity contribution in [1.82, 2.24) is 5.16 Å². The number of nitrogens with one attached hydrogen (secondary N) is 1. The summed E-state index contributed by atoms with van der Waals surface area (Å²) in [6.45, 7) is 3.52. The molecule has 8 heteroatoms. The Balaban J connectivity index is 1.55. The van der Waals surface area contributed by atoms with E-state index in [0.717, 1.165) is 17.7 Å². The van der Waals surface area contributed by atoms with Crippen LogP contribution in [0.3, 0.4) is 0 Å². The van der Waals surface area contributed by atoms with Gasteiger partial charge in [0.2, 0.25) is 5.91 Å². The number of aryl methyl sites for hydroxylation is 2. The monoisotopic (exact) mass is 371 g/mol. The van der Waals surface area contributed by atoms with E-state index in [4.69, 9.17) is 9.26 Å². The average Bonchev–Trinajstić information content (AvgIpc) is 3.25. The van der Waals surface area contributed by atoms with Crippen molar-refractivity contribution >= 4 is 29.3 Å². The Morgan fingerprint density at radius 1 is 1.37 bits per heavy atom. The molecule has 1 aliphatic heterocycles. The molecule has 8 nitrogen and oxygen atoms in total. The SMILES string of the molecule is CCc1ccccc1N1C[C@@H](C(=O)OCC(=O)Nc2cc(C)on2)CC1=O. The molecule has 1 fully saturated rings. The van der Waals surface area contributed by atoms with E-state index in [0.29, 0.717) is 5.76 Å². The molecule has 0 saturated carbocycles. The first-order valence-electron chi connectivity index (χ1n) is 8.76. The molecule has 1 atom stereocenters. The first kappa shape index (κ1) is 18.6. The summed E-state index contributed by atoms with van der Waals surface area (Å²) in [5, 5.41) is 6.10. The van der Waals surface area contributed by atoms with Crippen molar-refractivity contribution in [3.63, 3.8) is 0 Å². The van der Waals surface area contributed by atoms with Gasteiger partial charge in [-0.15, -0.1) is 0 Å². The van der Waals surface area contributed by atoms with Crippen molar-refractivity contribution in [2.24, 2.45) is 5.92 Å². The van der Waals surface area contributed by atoms with E-state index in [1.54, 1.807) is 17.9 Å². The molecular formula is C19H21N3O5. The molecule has 2 heterocycles. The van der Waals surface area contributed by atoms with Gasteiger partial charge < -0.3 is 19.5 Å². The van der Waals surface area contributed by atoms with Gasteiger partial charge in [-0.05, 0) is 25.0 Å². The number of anilines is 2. The normalized spacial score (nSPS) is 16.4. The van der Waals surface area contributed by atoms with Gasteiger partial charge in [-0.3, -0.25) is 14.4 Å². The van der Waals surface area contributed by atoms with Crippen LogP contribution in [0.15, 0.2) is 34.9 Å². The van der Waals surface area contributed by atoms with Gasteiger partial charge in [0.15, 0.2) is 12.4 Å². The summed E-state index contributed by atoms with van der Waals surface area (Å²) in [6, 6.07) is 9.17. The molecule has 1 aromatic carbocycles. The standard InChI is InChI=1S/C19H21N3O5/c1-3-13-6-4-5-7-15(13)22-10-14(9-18(22)24)19(25)26-11-17(23)20-16-8-12(2)27-21-16/h4-8,14H,3,9-11H2,1-2H3,(H,20,21,23)/t14-/m0/s1. The number of carbonyl (C=O) groups is 3. The number of para-hydroxylation sites is 1. The summed E-state index contributed by atoms with van der Waals surface area (Å²) >= 11 is 0. The van der Waals surface area contributed by atoms with Crippen LogP contribution in [-0.4, -0.2) is 36.1 Å². The predicted molar refractivity (Wildman–Crippen MR) is 97.1 cm³/mol. The number of hydrogen-bond acceptors (Lipinski definition) is 6. The summed E-state index contributed by atoms with van der Waals surface area (Å²) in [5.41, 5.74) is 1.86. The van der Waals surface area contributed by atoms with Crippen molar-refractivity contribution in [3.8, 4) is 0 Å². The van der Waals surface area contributed by atoms with Crippen LogP contribution < -0.4 is 10.2 Å². The lowest BCUT2D eigenvalue weighted by Gasteiger charge is -2.19. The molecule has 1 saturated heterocycles. The van der Waals surface area contributed by atoms with Crippen molar-refractivity contribution in [2.75, 3.05) is 23.4 Å². The minimum Gasteiger partial charge on any atom is -0.455 e. The number of amides is 2. The maximum Gasteiger partial charge on any atom is 0.311 e. The van der Waals surface area contributed by atoms with E-state index >= 15 is 0 Å². The summed E-state index contributed by atoms with van der Waals surface area (Å²) in [7, 11) is 0. The summed E-state index contributed by atoms with van der Waals surface area (Å²) in [6.07, 6.45) is 0.859. The van der Waals surface area contributed by atoms with Gasteiger partial charge in [0.1, 0.15) is 5.76 Å². The van der Waals surface area contributed by atoms with Crippen LogP contribution in [0.4, 0.5) is 11.5 Å². The smallest absolute Gasteiger partial charge is 0.311 e. The first-order chi connectivity index (χ1) is 13.0. The van der Waals surface area contributed by atoms with Crippen molar-refractivity contribution in [2.45, 2.75) is 26.7 Å². The lowest BCUT2D eigenvalue weighted by Crippen LogP contribution is -2.28. The third-order valence-electron chi connectivity index (χ3n) is 4.36. The summed E-state index contributed by atoms with van der Waals surface area (Å²) < 4.78 is 9.91. The maximum atomic E-state index is 12.4. The van der Waals surface area contributed by atoms with Gasteiger partial charge in [-0.1, -0.05) is 30.3 Å². The van der Waals surface area contributed by atoms with E-state index in [2.05, 4.69) is 10.5 Å². The molecule has 1 aromatic heterocycles. The largest absolute Gasteiger partial charge is 0.455 e. The Hall–Kier alpha value is -3.16. The second-order valence-electron chi connectivity index (χ2n) is 6.37. The molecule has 1 N–H and O–H groups in total. The fraction of sp³-hybridized carbons (Fsp3) is 0.368. The van der Waals surface area contributed by atoms with E-state index in [-0.39, 0.29) is 24.7 Å². The number of rotatable bonds is 6. The fourth-order valence-electron chi connectivity index (χ4n) is 3.03. The molecule has 142 valence electrons. The quantitative estimate of drug-likeness (QED) is 0.780. The lowest BCUT2D eigenvalue weighted by atomic mass is 10.1. The predicted octanol–water partition coefficient (Wildman–Crippen LogP) is 2.08. The molecule has 0 spiro atoms. The van der Waals surface area contributed by atoms with Crippen LogP contribution in [0, 0.1) is 12.8 Å². The first-order valence-corrected chi connectivity index (χ1v) is 8.76. The van der Waals surface area contributed by atoms with Gasteiger partial charge in [0.05, 0.1) is 5.92 Å². The highest BCUT2D eigenvalue weighted by molar-refractivity contribution is 6.00. The maximum absolute atomic E-state index is 12.4. The fourth-order valence-corrected chi connectivity index (χ4v) is 3.03. The zero-order valence-electron chi connectivity index (χ0n) is 15.2. The number of hydrogen-bond donors (Lipinski definition) is 1. The summed E-state index contributed by atoms with van der Waals surface area (Å²) in [5.74, 6) is -0.989. The van der Waals surface area contributed by atoms with E-state index in [1.165, 1.54) is 0 Å². The van der Waals surface area contributed by atoms with Crippen LogP contribution in [0.1, 0.15) is 24.7 Å². The Kier molecular flexibility index (Phi) is 5.54. The number of esters is 1. The molecule has 2 amide bonds. The van der Waals surface area contributed by atoms with E-state index in [1.807, 2.05) is 31.2 Å². The molecule has 27 heavy (non-hydrogen) atoms. The highest BCUT2D eigenvalue weighted by Crippen LogP contribution is 2.29. The molecular weight excluding hydrogens is 350 g/mol. The zero-order valence-corrected chi connectivity index (χ0v) is 15.2. The van der Waals surface area contributed by atoms with E-state index < -0.39 is 24.4 Å². The third kappa shape index (κ3) is 4.33. The minimum atomic E-state index is -0.593. The molecule has 3 rings (SSSR count). The number of benzene rings is 1. The molecule has 0 aliphatic carbocycles. The Morgan fingerprint density at radius 2 is 2.15 bits per heavy atom. The molecule has 1 aliphatic rings. The van der Waals surface area contributed by atoms with Crippen molar-refractivity contribution in [1.29, 1.82) is 0 Å². The number of aromatic nitrogens is 1. The van der Waals surface area contributed by atoms with Gasteiger partial charge in [0, 0.05) is 24.7 Å². The van der Waals surface area contributed by atoms with Crippen LogP contribution in [-0.2, 0) is 25.5 Å². The zero-order chi connectivity index (χ0) is 19.4. The number of ether oxygens (including phenoxy) is 1. The Labute approximate surface area is 156 Å². The third-order valence-corrected chi connectivity index (χ3v) is 4.36. The van der Waals surface area contributed by atoms with Crippen LogP contribution in [0.2, 0.25) is 0 Å². The summed E-state index contributed by atoms with van der Waals surface area (Å²) in [4.78, 5) is 38.1. The molecule has 0 unspecified atom stereocenters. The topological polar surface area (TPSA) is 102 Å². The van der Waals surface area contributed by atoms with Gasteiger partial charge in [-0.2, -0.15) is 0 Å². The second kappa shape index (κ2) is 8.03. The molecule has 2 aromatic rings. The molecule has 0 radical (unpaired) electrons. The van der Waals surface area contributed by atoms with Crippen LogP contribution in [0.25, 0.3) is 0 Å². The highest BCUT2D eigenvalue weighted by atomic mass is 16.5. The van der Waals surface area contributed by atoms with Crippen molar-refractivity contribution < 1.29 is 23.6 Å². The van der Waals surface area contributed by atoms with Gasteiger partial charge in [0.25, 0.3) is 5.91 Å². The van der Waals surface area contributed by atoms with Gasteiger partial charge >= 0.3 is 5.97 Å². The number of nitrogens with zero attached hydrogens (tertiary/aromatic N) is 2. The highest BCUT2D eigenvalue weighted by Gasteiger charge is 2.37. The average molecular weight is 371 g/mol. The van der Waals surface area contributed by atoms with Crippen molar-refractivity contribution in [3.05, 3.63) is 41.7 Å². The minimum absolute atomic E-state index is 0.0704. The van der Waals surface area contributed by atoms with Crippen LogP contribution in [0.5, 0.6) is 0 Å². The second-order valence-corrected chi connectivity index (χ2v) is 6.37. The lowest BCUT2D eigenvalue weighted by molar-refractivity contribution is -0.151. The van der Waals surface area contributed by atoms with Crippen LogP contribution >= 0.6 is 0 Å². The van der Waals surface area contributed by atoms with E-state index in [9.17, 15) is 14.4 Å². The molecule has 0 bridgehead atoms.